The summed E-state index contributed by atoms with van der Waals surface area (Å²) in [5, 5.41) is 7.73. The molecule has 0 aliphatic rings. The lowest BCUT2D eigenvalue weighted by Gasteiger charge is -2.17. The van der Waals surface area contributed by atoms with Gasteiger partial charge in [-0.3, -0.25) is 4.79 Å². The van der Waals surface area contributed by atoms with Crippen molar-refractivity contribution >= 4 is 53.2 Å². The molecule has 11 nitrogen and oxygen atoms in total. The Balaban J connectivity index is 2.00. The van der Waals surface area contributed by atoms with E-state index in [9.17, 15) is 22.5 Å². The Bertz CT molecular complexity index is 1350. The third kappa shape index (κ3) is 7.13. The molecule has 202 valence electrons. The van der Waals surface area contributed by atoms with E-state index in [4.69, 9.17) is 14.2 Å². The number of benzene rings is 1. The summed E-state index contributed by atoms with van der Waals surface area (Å²) in [5.74, 6) is -1.19. The van der Waals surface area contributed by atoms with Crippen LogP contribution in [0, 0.1) is 0 Å². The van der Waals surface area contributed by atoms with Crippen molar-refractivity contribution in [3.05, 3.63) is 58.0 Å². The monoisotopic (exact) mass is 617 g/mol. The SMILES string of the molecule is CCC(O[P+](=O)O)c1ccc(Nc2ncc(C(F)(F)F)c(Nc3ccc(Br)nc3C(=O)NC)n2)c(OC)c1. The molecule has 38 heavy (non-hydrogen) atoms. The zero-order valence-corrected chi connectivity index (χ0v) is 22.6. The van der Waals surface area contributed by atoms with Gasteiger partial charge in [-0.05, 0) is 52.2 Å². The van der Waals surface area contributed by atoms with Crippen LogP contribution in [0.25, 0.3) is 0 Å². The lowest BCUT2D eigenvalue weighted by Crippen LogP contribution is -2.21. The number of hydrogen-bond donors (Lipinski definition) is 4. The van der Waals surface area contributed by atoms with E-state index in [0.29, 0.717) is 28.5 Å². The summed E-state index contributed by atoms with van der Waals surface area (Å²) in [6.07, 6.45) is -4.49. The smallest absolute Gasteiger partial charge is 0.495 e. The van der Waals surface area contributed by atoms with E-state index < -0.39 is 37.8 Å². The lowest BCUT2D eigenvalue weighted by atomic mass is 10.1. The average molecular weight is 618 g/mol. The van der Waals surface area contributed by atoms with Gasteiger partial charge in [0.1, 0.15) is 27.8 Å². The standard InChI is InChI=1S/C22H21BrF3N6O5P/c1-4-15(37-38(34)35)11-5-6-13(16(9-11)36-3)30-21-28-10-12(22(24,25)26)19(32-21)29-14-7-8-17(23)31-18(14)20(33)27-2/h5-10,15H,4H2,1-3H3,(H3-,27,28,29,30,32,33,34,35)/p+1. The molecule has 0 radical (unpaired) electrons. The second-order valence-corrected chi connectivity index (χ2v) is 9.01. The van der Waals surface area contributed by atoms with E-state index in [-0.39, 0.29) is 23.1 Å². The van der Waals surface area contributed by atoms with Crippen molar-refractivity contribution in [2.75, 3.05) is 24.8 Å². The third-order valence-corrected chi connectivity index (χ3v) is 5.96. The molecule has 0 bridgehead atoms. The van der Waals surface area contributed by atoms with Crippen molar-refractivity contribution in [3.8, 4) is 5.75 Å². The quantitative estimate of drug-likeness (QED) is 0.167. The number of carbonyl (C=O) groups is 1. The van der Waals surface area contributed by atoms with Gasteiger partial charge in [-0.25, -0.2) is 9.97 Å². The number of anilines is 4. The Morgan fingerprint density at radius 1 is 1.18 bits per heavy atom. The van der Waals surface area contributed by atoms with Crippen LogP contribution in [0.5, 0.6) is 5.75 Å². The molecule has 16 heteroatoms. The van der Waals surface area contributed by atoms with Crippen LogP contribution in [0.2, 0.25) is 0 Å². The van der Waals surface area contributed by atoms with Crippen LogP contribution in [0.15, 0.2) is 41.1 Å². The van der Waals surface area contributed by atoms with Crippen molar-refractivity contribution in [2.24, 2.45) is 0 Å². The summed E-state index contributed by atoms with van der Waals surface area (Å²) in [5.41, 5.74) is -0.485. The van der Waals surface area contributed by atoms with Gasteiger partial charge in [0.25, 0.3) is 5.91 Å². The van der Waals surface area contributed by atoms with Gasteiger partial charge in [-0.2, -0.15) is 18.2 Å². The van der Waals surface area contributed by atoms with Gasteiger partial charge in [0.05, 0.1) is 18.5 Å². The minimum Gasteiger partial charge on any atom is -0.495 e. The molecule has 0 spiro atoms. The molecule has 0 fully saturated rings. The van der Waals surface area contributed by atoms with Crippen LogP contribution < -0.4 is 20.7 Å². The van der Waals surface area contributed by atoms with Gasteiger partial charge in [-0.15, -0.1) is 9.42 Å². The fourth-order valence-corrected chi connectivity index (χ4v) is 4.11. The molecule has 4 N–H and O–H groups in total. The summed E-state index contributed by atoms with van der Waals surface area (Å²) >= 11 is 3.14. The molecule has 3 aromatic rings. The number of rotatable bonds is 10. The fraction of sp³-hybridized carbons (Fsp3) is 0.273. The summed E-state index contributed by atoms with van der Waals surface area (Å²) < 4.78 is 63.0. The predicted octanol–water partition coefficient (Wildman–Crippen LogP) is 5.63. The van der Waals surface area contributed by atoms with Crippen LogP contribution in [0.4, 0.5) is 36.3 Å². The number of pyridine rings is 1. The number of amides is 1. The van der Waals surface area contributed by atoms with E-state index in [1.807, 2.05) is 0 Å². The number of hydrogen-bond acceptors (Lipinski definition) is 9. The predicted molar refractivity (Wildman–Crippen MR) is 136 cm³/mol. The maximum Gasteiger partial charge on any atom is 0.695 e. The zero-order valence-electron chi connectivity index (χ0n) is 20.1. The number of halogens is 4. The third-order valence-electron chi connectivity index (χ3n) is 5.08. The summed E-state index contributed by atoms with van der Waals surface area (Å²) in [4.78, 5) is 33.1. The molecule has 0 aliphatic heterocycles. The molecule has 2 heterocycles. The normalized spacial score (nSPS) is 12.5. The van der Waals surface area contributed by atoms with Crippen LogP contribution in [-0.2, 0) is 15.3 Å². The van der Waals surface area contributed by atoms with Gasteiger partial charge in [0.2, 0.25) is 5.95 Å². The number of nitrogens with one attached hydrogen (secondary N) is 3. The zero-order chi connectivity index (χ0) is 28.0. The number of ether oxygens (including phenoxy) is 1. The van der Waals surface area contributed by atoms with E-state index in [1.54, 1.807) is 25.1 Å². The van der Waals surface area contributed by atoms with E-state index >= 15 is 0 Å². The van der Waals surface area contributed by atoms with Crippen LogP contribution in [0.3, 0.4) is 0 Å². The maximum absolute atomic E-state index is 13.7. The van der Waals surface area contributed by atoms with Gasteiger partial charge in [0.15, 0.2) is 5.69 Å². The average Bonchev–Trinajstić information content (AvgIpc) is 2.87. The molecule has 0 saturated heterocycles. The Hall–Kier alpha value is -3.39. The first-order valence-corrected chi connectivity index (χ1v) is 12.8. The maximum atomic E-state index is 13.7. The molecular formula is C22H22BrF3N6O5P+. The molecular weight excluding hydrogens is 596 g/mol. The van der Waals surface area contributed by atoms with Crippen LogP contribution in [0.1, 0.15) is 41.1 Å². The second kappa shape index (κ2) is 12.4. The molecule has 1 amide bonds. The van der Waals surface area contributed by atoms with Crippen molar-refractivity contribution in [1.82, 2.24) is 20.3 Å². The highest BCUT2D eigenvalue weighted by Crippen LogP contribution is 2.38. The van der Waals surface area contributed by atoms with E-state index in [0.717, 1.165) is 0 Å². The molecule has 0 saturated carbocycles. The highest BCUT2D eigenvalue weighted by molar-refractivity contribution is 9.10. The van der Waals surface area contributed by atoms with Gasteiger partial charge in [0, 0.05) is 17.8 Å². The first-order valence-electron chi connectivity index (χ1n) is 10.8. The van der Waals surface area contributed by atoms with E-state index in [1.165, 1.54) is 26.3 Å². The molecule has 2 aromatic heterocycles. The highest BCUT2D eigenvalue weighted by Gasteiger charge is 2.36. The Kier molecular flexibility index (Phi) is 9.55. The fourth-order valence-electron chi connectivity index (χ4n) is 3.31. The van der Waals surface area contributed by atoms with Gasteiger partial charge >= 0.3 is 14.4 Å². The number of aromatic nitrogens is 3. The number of carbonyl (C=O) groups excluding carboxylic acids is 1. The highest BCUT2D eigenvalue weighted by atomic mass is 79.9. The van der Waals surface area contributed by atoms with Crippen molar-refractivity contribution < 1.29 is 36.7 Å². The summed E-state index contributed by atoms with van der Waals surface area (Å²) in [6, 6.07) is 7.54. The van der Waals surface area contributed by atoms with Crippen LogP contribution >= 0.6 is 24.2 Å². The number of nitrogens with zero attached hydrogens (tertiary/aromatic N) is 3. The first-order chi connectivity index (χ1) is 18.0. The van der Waals surface area contributed by atoms with Crippen molar-refractivity contribution in [2.45, 2.75) is 25.6 Å². The summed E-state index contributed by atoms with van der Waals surface area (Å²) in [7, 11) is -0.0996. The molecule has 0 aliphatic carbocycles. The second-order valence-electron chi connectivity index (χ2n) is 7.51. The molecule has 3 rings (SSSR count). The first kappa shape index (κ1) is 29.2. The molecule has 2 unspecified atom stereocenters. The van der Waals surface area contributed by atoms with Crippen molar-refractivity contribution in [1.29, 1.82) is 0 Å². The topological polar surface area (TPSA) is 148 Å². The van der Waals surface area contributed by atoms with Crippen LogP contribution in [-0.4, -0.2) is 39.9 Å². The Labute approximate surface area is 224 Å². The molecule has 1 aromatic carbocycles. The number of methoxy groups -OCH3 is 1. The Morgan fingerprint density at radius 2 is 1.89 bits per heavy atom. The van der Waals surface area contributed by atoms with Gasteiger partial charge < -0.3 is 20.7 Å². The van der Waals surface area contributed by atoms with Crippen molar-refractivity contribution in [3.63, 3.8) is 0 Å². The largest absolute Gasteiger partial charge is 0.695 e. The minimum absolute atomic E-state index is 0.0162. The minimum atomic E-state index is -4.81. The molecule has 2 atom stereocenters. The van der Waals surface area contributed by atoms with Gasteiger partial charge in [-0.1, -0.05) is 13.0 Å². The summed E-state index contributed by atoms with van der Waals surface area (Å²) in [6.45, 7) is 1.77. The lowest BCUT2D eigenvalue weighted by molar-refractivity contribution is -0.137. The number of alkyl halides is 3. The Morgan fingerprint density at radius 3 is 2.50 bits per heavy atom. The van der Waals surface area contributed by atoms with E-state index in [2.05, 4.69) is 46.8 Å².